The molecule has 0 spiro atoms. The van der Waals surface area contributed by atoms with E-state index in [2.05, 4.69) is 20.3 Å². The number of halogens is 3. The first-order valence-electron chi connectivity index (χ1n) is 10.7. The van der Waals surface area contributed by atoms with Crippen LogP contribution in [0.3, 0.4) is 0 Å². The third kappa shape index (κ3) is 8.87. The maximum absolute atomic E-state index is 14.4. The van der Waals surface area contributed by atoms with Gasteiger partial charge >= 0.3 is 0 Å². The fourth-order valence-corrected chi connectivity index (χ4v) is 2.99. The highest BCUT2D eigenvalue weighted by atomic mass is 19.3. The molecule has 2 heterocycles. The summed E-state index contributed by atoms with van der Waals surface area (Å²) in [6.07, 6.45) is 0.774. The van der Waals surface area contributed by atoms with Crippen molar-refractivity contribution in [3.05, 3.63) is 41.5 Å². The number of benzene rings is 1. The first kappa shape index (κ1) is 29.3. The Hall–Kier alpha value is -2.78. The molecule has 0 aliphatic heterocycles. The third-order valence-corrected chi connectivity index (χ3v) is 4.46. The fourth-order valence-electron chi connectivity index (χ4n) is 2.99. The van der Waals surface area contributed by atoms with Crippen LogP contribution in [0, 0.1) is 19.7 Å². The van der Waals surface area contributed by atoms with E-state index in [0.717, 1.165) is 23.2 Å². The number of hydrogen-bond donors (Lipinski definition) is 1. The molecule has 0 fully saturated rings. The lowest BCUT2D eigenvalue weighted by molar-refractivity contribution is 0.144. The first-order chi connectivity index (χ1) is 15.8. The molecule has 0 aliphatic rings. The average molecular weight is 466 g/mol. The maximum Gasteiger partial charge on any atom is 0.238 e. The molecule has 3 aromatic rings. The fraction of sp³-hybridized carbons (Fsp3) is 0.455. The topological polar surface area (TPSA) is 80.9 Å². The van der Waals surface area contributed by atoms with Gasteiger partial charge in [0, 0.05) is 19.0 Å². The molecule has 0 saturated heterocycles. The van der Waals surface area contributed by atoms with E-state index in [4.69, 9.17) is 29.3 Å². The van der Waals surface area contributed by atoms with Gasteiger partial charge < -0.3 is 5.73 Å². The lowest BCUT2D eigenvalue weighted by Gasteiger charge is -2.16. The number of nitrogen functional groups attached to an aromatic ring is 1. The van der Waals surface area contributed by atoms with Crippen LogP contribution in [0.5, 0.6) is 0 Å². The third-order valence-electron chi connectivity index (χ3n) is 4.46. The molecule has 0 amide bonds. The van der Waals surface area contributed by atoms with Crippen LogP contribution < -0.4 is 5.73 Å². The number of nitrogens with two attached hydrogens (primary N) is 1. The van der Waals surface area contributed by atoms with Crippen LogP contribution in [0.15, 0.2) is 34.6 Å². The predicted octanol–water partition coefficient (Wildman–Crippen LogP) is 5.48. The van der Waals surface area contributed by atoms with Gasteiger partial charge in [-0.3, -0.25) is 0 Å². The summed E-state index contributed by atoms with van der Waals surface area (Å²) in [5.41, 5.74) is 9.71. The number of aromatic nitrogens is 3. The van der Waals surface area contributed by atoms with Crippen molar-refractivity contribution in [3.63, 3.8) is 0 Å². The van der Waals surface area contributed by atoms with E-state index >= 15 is 0 Å². The van der Waals surface area contributed by atoms with Crippen molar-refractivity contribution in [2.75, 3.05) is 12.8 Å². The Morgan fingerprint density at radius 3 is 2.24 bits per heavy atom. The van der Waals surface area contributed by atoms with Gasteiger partial charge in [-0.05, 0) is 37.1 Å². The summed E-state index contributed by atoms with van der Waals surface area (Å²) in [5, 5.41) is 10.9. The smallest absolute Gasteiger partial charge is 0.238 e. The number of anilines is 1. The molecule has 0 atom stereocenters. The second kappa shape index (κ2) is 13.2. The van der Waals surface area contributed by atoms with Crippen LogP contribution in [0.25, 0.3) is 16.6 Å². The van der Waals surface area contributed by atoms with Crippen LogP contribution in [0.4, 0.5) is 24.8 Å². The number of hydrogen-bond acceptors (Lipinski definition) is 5. The summed E-state index contributed by atoms with van der Waals surface area (Å²) in [7, 11) is 17.2. The van der Waals surface area contributed by atoms with E-state index < -0.39 is 11.5 Å². The van der Waals surface area contributed by atoms with Crippen LogP contribution in [0.2, 0.25) is 5.11 Å². The van der Waals surface area contributed by atoms with Crippen molar-refractivity contribution in [3.8, 4) is 11.1 Å². The van der Waals surface area contributed by atoms with Gasteiger partial charge in [0.15, 0.2) is 5.82 Å². The van der Waals surface area contributed by atoms with Crippen molar-refractivity contribution in [1.29, 1.82) is 0 Å². The molecule has 1 aromatic carbocycles. The second-order valence-electron chi connectivity index (χ2n) is 7.66. The molecule has 3 rings (SSSR count). The number of nitrogens with zero attached hydrogens (tertiary/aromatic N) is 5. The summed E-state index contributed by atoms with van der Waals surface area (Å²) in [4.78, 5) is 4.12. The van der Waals surface area contributed by atoms with Gasteiger partial charge in [0.2, 0.25) is 12.4 Å². The summed E-state index contributed by atoms with van der Waals surface area (Å²) in [5.74, 6) is -0.256. The van der Waals surface area contributed by atoms with E-state index in [1.54, 1.807) is 14.0 Å². The van der Waals surface area contributed by atoms with Crippen molar-refractivity contribution in [2.45, 2.75) is 58.5 Å². The molecule has 0 unspecified atom stereocenters. The zero-order valence-corrected chi connectivity index (χ0v) is 20.2. The number of alkyl halides is 2. The summed E-state index contributed by atoms with van der Waals surface area (Å²) >= 11 is 0. The van der Waals surface area contributed by atoms with E-state index in [1.165, 1.54) is 17.6 Å². The Morgan fingerprint density at radius 1 is 1.18 bits per heavy atom. The van der Waals surface area contributed by atoms with Crippen LogP contribution in [-0.4, -0.2) is 51.6 Å². The van der Waals surface area contributed by atoms with Crippen LogP contribution >= 0.6 is 0 Å². The molecular formula is C22H28B3F3N6. The highest BCUT2D eigenvalue weighted by molar-refractivity contribution is 6.58. The number of aryl methyl sites for hydroxylation is 2. The van der Waals surface area contributed by atoms with E-state index in [9.17, 15) is 13.2 Å². The molecule has 0 aliphatic carbocycles. The number of rotatable bonds is 5. The van der Waals surface area contributed by atoms with Crippen molar-refractivity contribution in [2.24, 2.45) is 10.2 Å². The average Bonchev–Trinajstić information content (AvgIpc) is 3.05. The standard InChI is InChI=1S/C15H15FN6.C4H7B3.C3H6F2/c1-8-6-10(4-5-12(8)20-18-3)13-11(16)7-22-14(13)9(2)19-15(17)21-22;1-2-3-4(5,6)7;1-2-3(4)5/h4-7H,1-3H3,(H2,17,21);2-3H2,1H3;3H,2H2,1H3. The molecule has 2 N–H and O–H groups in total. The van der Waals surface area contributed by atoms with E-state index in [-0.39, 0.29) is 18.2 Å². The molecular weight excluding hydrogens is 438 g/mol. The first-order valence-corrected chi connectivity index (χ1v) is 10.7. The Kier molecular flexibility index (Phi) is 11.4. The van der Waals surface area contributed by atoms with Gasteiger partial charge in [-0.15, -0.1) is 10.2 Å². The molecule has 6 nitrogen and oxygen atoms in total. The van der Waals surface area contributed by atoms with Gasteiger partial charge in [-0.1, -0.05) is 32.8 Å². The lowest BCUT2D eigenvalue weighted by Crippen LogP contribution is -2.11. The summed E-state index contributed by atoms with van der Waals surface area (Å²) in [6.45, 7) is 7.12. The van der Waals surface area contributed by atoms with Gasteiger partial charge in [0.1, 0.15) is 0 Å². The van der Waals surface area contributed by atoms with Crippen molar-refractivity contribution >= 4 is 40.7 Å². The van der Waals surface area contributed by atoms with Crippen molar-refractivity contribution in [1.82, 2.24) is 14.6 Å². The van der Waals surface area contributed by atoms with Crippen LogP contribution in [-0.2, 0) is 0 Å². The van der Waals surface area contributed by atoms with Crippen LogP contribution in [0.1, 0.15) is 44.4 Å². The second-order valence-corrected chi connectivity index (χ2v) is 7.66. The van der Waals surface area contributed by atoms with E-state index in [0.29, 0.717) is 23.2 Å². The quantitative estimate of drug-likeness (QED) is 0.400. The van der Waals surface area contributed by atoms with Gasteiger partial charge in [0.25, 0.3) is 0 Å². The molecule has 0 saturated carbocycles. The van der Waals surface area contributed by atoms with Crippen molar-refractivity contribution < 1.29 is 13.2 Å². The number of azo groups is 1. The normalized spacial score (nSPS) is 11.3. The molecule has 0 bridgehead atoms. The Balaban J connectivity index is 0.000000401. The van der Waals surface area contributed by atoms with E-state index in [1.807, 2.05) is 32.0 Å². The van der Waals surface area contributed by atoms with Gasteiger partial charge in [0.05, 0.1) is 46.6 Å². The zero-order valence-electron chi connectivity index (χ0n) is 20.2. The minimum atomic E-state index is -2.12. The minimum absolute atomic E-state index is 0.0278. The largest absolute Gasteiger partial charge is 0.367 e. The highest BCUT2D eigenvalue weighted by Crippen LogP contribution is 2.33. The monoisotopic (exact) mass is 466 g/mol. The SMILES string of the molecule is CCC(F)F.CN=Nc1ccc(-c2c(F)cn3nc(N)nc(C)c23)cc1C.[B]C([B])([B])CCC. The molecule has 6 radical (unpaired) electrons. The highest BCUT2D eigenvalue weighted by Gasteiger charge is 2.17. The molecule has 2 aromatic heterocycles. The molecule has 34 heavy (non-hydrogen) atoms. The maximum atomic E-state index is 14.4. The zero-order chi connectivity index (χ0) is 26.1. The van der Waals surface area contributed by atoms with Gasteiger partial charge in [-0.2, -0.15) is 10.2 Å². The Morgan fingerprint density at radius 2 is 1.79 bits per heavy atom. The summed E-state index contributed by atoms with van der Waals surface area (Å²) < 4.78 is 37.4. The Labute approximate surface area is 202 Å². The molecule has 12 heteroatoms. The molecule has 176 valence electrons. The minimum Gasteiger partial charge on any atom is -0.367 e. The Bertz CT molecular complexity index is 1100. The predicted molar refractivity (Wildman–Crippen MR) is 134 cm³/mol. The summed E-state index contributed by atoms with van der Waals surface area (Å²) in [6, 6.07) is 5.50. The van der Waals surface area contributed by atoms with Gasteiger partial charge in [-0.25, -0.2) is 22.7 Å². The lowest BCUT2D eigenvalue weighted by atomic mass is 9.41. The number of fused-ring (bicyclic) bond motifs is 1.